The van der Waals surface area contributed by atoms with Crippen molar-refractivity contribution < 1.29 is 28.4 Å². The van der Waals surface area contributed by atoms with Crippen molar-refractivity contribution in [3.05, 3.63) is 23.3 Å². The van der Waals surface area contributed by atoms with Crippen molar-refractivity contribution in [3.63, 3.8) is 0 Å². The predicted octanol–water partition coefficient (Wildman–Crippen LogP) is 1.52. The molecule has 0 heterocycles. The fourth-order valence-electron chi connectivity index (χ4n) is 1.67. The van der Waals surface area contributed by atoms with Gasteiger partial charge in [0.15, 0.2) is 0 Å². The summed E-state index contributed by atoms with van der Waals surface area (Å²) in [7, 11) is 1.08. The van der Waals surface area contributed by atoms with Crippen molar-refractivity contribution in [3.8, 4) is 5.75 Å². The molecule has 0 saturated carbocycles. The zero-order valence-electron chi connectivity index (χ0n) is 12.1. The molecule has 0 N–H and O–H groups in total. The van der Waals surface area contributed by atoms with Crippen LogP contribution in [0.25, 0.3) is 0 Å². The van der Waals surface area contributed by atoms with E-state index in [-0.39, 0.29) is 16.9 Å². The summed E-state index contributed by atoms with van der Waals surface area (Å²) in [6, 6.07) is 2.83. The van der Waals surface area contributed by atoms with Crippen molar-refractivity contribution in [2.45, 2.75) is 0 Å². The van der Waals surface area contributed by atoms with E-state index in [1.54, 1.807) is 0 Å². The third-order valence-corrected chi connectivity index (χ3v) is 4.21. The van der Waals surface area contributed by atoms with E-state index in [9.17, 15) is 14.2 Å². The molecule has 1 aromatic carbocycles. The van der Waals surface area contributed by atoms with E-state index < -0.39 is 19.1 Å². The average molecular weight is 300 g/mol. The minimum Gasteiger partial charge on any atom is -0.495 e. The lowest BCUT2D eigenvalue weighted by molar-refractivity contribution is 0.0592. The Labute approximate surface area is 117 Å². The van der Waals surface area contributed by atoms with E-state index >= 15 is 0 Å². The number of carbonyl (C=O) groups is 2. The zero-order valence-corrected chi connectivity index (χ0v) is 12.9. The minimum absolute atomic E-state index is 0.0387. The summed E-state index contributed by atoms with van der Waals surface area (Å²) in [5.74, 6) is -1.31. The van der Waals surface area contributed by atoms with Crippen molar-refractivity contribution in [2.75, 3.05) is 34.7 Å². The molecule has 1 rings (SSSR count). The summed E-state index contributed by atoms with van der Waals surface area (Å²) in [6.07, 6.45) is 0. The molecule has 0 spiro atoms. The Bertz CT molecular complexity index is 550. The number of esters is 2. The Hall–Kier alpha value is -1.81. The molecule has 0 atom stereocenters. The SMILES string of the molecule is COC(=O)c1cc(P(C)(C)=O)cc(C(=O)OC)c1OC. The largest absolute Gasteiger partial charge is 0.495 e. The van der Waals surface area contributed by atoms with Crippen LogP contribution in [0, 0.1) is 0 Å². The van der Waals surface area contributed by atoms with E-state index in [4.69, 9.17) is 4.74 Å². The number of ether oxygens (including phenoxy) is 3. The molecular formula is C13H17O6P. The van der Waals surface area contributed by atoms with Gasteiger partial charge in [-0.3, -0.25) is 0 Å². The van der Waals surface area contributed by atoms with E-state index in [0.717, 1.165) is 0 Å². The lowest BCUT2D eigenvalue weighted by atomic mass is 10.1. The van der Waals surface area contributed by atoms with Gasteiger partial charge in [-0.1, -0.05) is 0 Å². The Morgan fingerprint density at radius 3 is 1.60 bits per heavy atom. The van der Waals surface area contributed by atoms with Gasteiger partial charge in [-0.2, -0.15) is 0 Å². The van der Waals surface area contributed by atoms with E-state index in [2.05, 4.69) is 9.47 Å². The van der Waals surface area contributed by atoms with Crippen LogP contribution in [0.2, 0.25) is 0 Å². The van der Waals surface area contributed by atoms with Gasteiger partial charge in [0.05, 0.1) is 21.3 Å². The molecule has 110 valence electrons. The fourth-order valence-corrected chi connectivity index (χ4v) is 2.55. The zero-order chi connectivity index (χ0) is 15.5. The summed E-state index contributed by atoms with van der Waals surface area (Å²) < 4.78 is 26.6. The molecule has 7 heteroatoms. The molecular weight excluding hydrogens is 283 g/mol. The lowest BCUT2D eigenvalue weighted by Crippen LogP contribution is -2.16. The standard InChI is InChI=1S/C13H17O6P/c1-17-11-9(12(14)18-2)6-8(20(4,5)16)7-10(11)13(15)19-3/h6-7H,1-5H3. The van der Waals surface area contributed by atoms with Crippen LogP contribution in [0.1, 0.15) is 20.7 Å². The topological polar surface area (TPSA) is 78.9 Å². The summed E-state index contributed by atoms with van der Waals surface area (Å²) >= 11 is 0. The third-order valence-electron chi connectivity index (χ3n) is 2.71. The van der Waals surface area contributed by atoms with Crippen LogP contribution in [0.4, 0.5) is 0 Å². The number of benzene rings is 1. The first-order valence-electron chi connectivity index (χ1n) is 5.70. The molecule has 20 heavy (non-hydrogen) atoms. The molecule has 0 aromatic heterocycles. The first-order valence-corrected chi connectivity index (χ1v) is 8.30. The van der Waals surface area contributed by atoms with Gasteiger partial charge in [-0.15, -0.1) is 0 Å². The fraction of sp³-hybridized carbons (Fsp3) is 0.385. The van der Waals surface area contributed by atoms with Gasteiger partial charge in [0.1, 0.15) is 24.0 Å². The second-order valence-electron chi connectivity index (χ2n) is 4.41. The van der Waals surface area contributed by atoms with Crippen LogP contribution in [0.15, 0.2) is 12.1 Å². The van der Waals surface area contributed by atoms with E-state index in [1.165, 1.54) is 46.8 Å². The van der Waals surface area contributed by atoms with Gasteiger partial charge in [0.25, 0.3) is 0 Å². The maximum Gasteiger partial charge on any atom is 0.341 e. The van der Waals surface area contributed by atoms with Crippen LogP contribution in [-0.4, -0.2) is 46.6 Å². The maximum absolute atomic E-state index is 12.2. The average Bonchev–Trinajstić information content (AvgIpc) is 2.42. The highest BCUT2D eigenvalue weighted by Gasteiger charge is 2.26. The summed E-state index contributed by atoms with van der Waals surface area (Å²) in [6.45, 7) is 3.08. The molecule has 0 aliphatic carbocycles. The molecule has 0 fully saturated rings. The van der Waals surface area contributed by atoms with Gasteiger partial charge >= 0.3 is 11.9 Å². The van der Waals surface area contributed by atoms with Crippen molar-refractivity contribution in [1.82, 2.24) is 0 Å². The highest BCUT2D eigenvalue weighted by Crippen LogP contribution is 2.37. The maximum atomic E-state index is 12.2. The van der Waals surface area contributed by atoms with Gasteiger partial charge < -0.3 is 18.8 Å². The molecule has 0 bridgehead atoms. The van der Waals surface area contributed by atoms with Gasteiger partial charge in [0, 0.05) is 5.30 Å². The van der Waals surface area contributed by atoms with Crippen LogP contribution in [0.5, 0.6) is 5.75 Å². The minimum atomic E-state index is -2.67. The Morgan fingerprint density at radius 2 is 1.35 bits per heavy atom. The van der Waals surface area contributed by atoms with Crippen molar-refractivity contribution in [1.29, 1.82) is 0 Å². The molecule has 0 aliphatic heterocycles. The Morgan fingerprint density at radius 1 is 0.950 bits per heavy atom. The molecule has 0 aliphatic rings. The Kier molecular flexibility index (Phi) is 4.95. The smallest absolute Gasteiger partial charge is 0.341 e. The van der Waals surface area contributed by atoms with Gasteiger partial charge in [-0.05, 0) is 25.5 Å². The van der Waals surface area contributed by atoms with Gasteiger partial charge in [-0.25, -0.2) is 9.59 Å². The summed E-state index contributed by atoms with van der Waals surface area (Å²) in [4.78, 5) is 23.6. The van der Waals surface area contributed by atoms with Crippen molar-refractivity contribution >= 4 is 24.4 Å². The van der Waals surface area contributed by atoms with Crippen LogP contribution in [-0.2, 0) is 14.0 Å². The van der Waals surface area contributed by atoms with Gasteiger partial charge in [0.2, 0.25) is 0 Å². The quantitative estimate of drug-likeness (QED) is 0.619. The first-order chi connectivity index (χ1) is 9.26. The normalized spacial score (nSPS) is 10.8. The molecule has 0 saturated heterocycles. The second kappa shape index (κ2) is 6.09. The van der Waals surface area contributed by atoms with E-state index in [0.29, 0.717) is 5.30 Å². The van der Waals surface area contributed by atoms with Crippen molar-refractivity contribution in [2.24, 2.45) is 0 Å². The molecule has 0 radical (unpaired) electrons. The first kappa shape index (κ1) is 16.2. The summed E-state index contributed by atoms with van der Waals surface area (Å²) in [5, 5.41) is 0.374. The number of hydrogen-bond acceptors (Lipinski definition) is 6. The second-order valence-corrected chi connectivity index (χ2v) is 7.63. The van der Waals surface area contributed by atoms with Crippen LogP contribution in [0.3, 0.4) is 0 Å². The Balaban J connectivity index is 3.69. The molecule has 0 amide bonds. The number of carbonyl (C=O) groups excluding carboxylic acids is 2. The highest BCUT2D eigenvalue weighted by atomic mass is 31.2. The lowest BCUT2D eigenvalue weighted by Gasteiger charge is -2.15. The highest BCUT2D eigenvalue weighted by molar-refractivity contribution is 7.70. The number of methoxy groups -OCH3 is 3. The third kappa shape index (κ3) is 3.20. The molecule has 1 aromatic rings. The van der Waals surface area contributed by atoms with Crippen LogP contribution < -0.4 is 10.0 Å². The molecule has 0 unspecified atom stereocenters. The number of hydrogen-bond donors (Lipinski definition) is 0. The molecule has 6 nitrogen and oxygen atoms in total. The monoisotopic (exact) mass is 300 g/mol. The van der Waals surface area contributed by atoms with E-state index in [1.807, 2.05) is 0 Å². The summed E-state index contributed by atoms with van der Waals surface area (Å²) in [5.41, 5.74) is 0.0775. The predicted molar refractivity (Wildman–Crippen MR) is 74.8 cm³/mol. The number of rotatable bonds is 4. The van der Waals surface area contributed by atoms with Crippen LogP contribution >= 0.6 is 7.14 Å².